The van der Waals surface area contributed by atoms with E-state index in [1.54, 1.807) is 0 Å². The van der Waals surface area contributed by atoms with E-state index >= 15 is 0 Å². The molecule has 3 nitrogen and oxygen atoms in total. The number of nitrogens with zero attached hydrogens (tertiary/aromatic N) is 1. The number of esters is 1. The molecule has 0 amide bonds. The highest BCUT2D eigenvalue weighted by Crippen LogP contribution is 2.24. The second kappa shape index (κ2) is 9.80. The third-order valence-electron chi connectivity index (χ3n) is 4.24. The molecule has 0 aliphatic carbocycles. The van der Waals surface area contributed by atoms with E-state index in [0.29, 0.717) is 12.2 Å². The van der Waals surface area contributed by atoms with Crippen LogP contribution in [-0.2, 0) is 4.74 Å². The van der Waals surface area contributed by atoms with Crippen LogP contribution in [0.25, 0.3) is 6.08 Å². The van der Waals surface area contributed by atoms with Crippen LogP contribution in [0.5, 0.6) is 0 Å². The molecule has 0 radical (unpaired) electrons. The standard InChI is InChI=1S/C22H27NO2/c1-4-23(5-2)21(17-12-18-10-8-7-9-11-18)19-13-15-20(16-14-19)22(24)25-6-3/h7-17,21H,4-6H2,1-3H3/b17-12+. The first-order valence-corrected chi connectivity index (χ1v) is 8.93. The normalized spacial score (nSPS) is 12.5. The molecule has 0 fully saturated rings. The molecule has 1 unspecified atom stereocenters. The number of hydrogen-bond donors (Lipinski definition) is 0. The fourth-order valence-corrected chi connectivity index (χ4v) is 2.86. The molecule has 0 spiro atoms. The molecule has 0 aliphatic heterocycles. The third-order valence-corrected chi connectivity index (χ3v) is 4.24. The lowest BCUT2D eigenvalue weighted by molar-refractivity contribution is 0.0526. The van der Waals surface area contributed by atoms with Gasteiger partial charge in [0.25, 0.3) is 0 Å². The van der Waals surface area contributed by atoms with E-state index in [2.05, 4.69) is 43.0 Å². The van der Waals surface area contributed by atoms with Crippen molar-refractivity contribution < 1.29 is 9.53 Å². The van der Waals surface area contributed by atoms with Gasteiger partial charge in [0, 0.05) is 0 Å². The van der Waals surface area contributed by atoms with Crippen molar-refractivity contribution >= 4 is 12.0 Å². The number of carbonyl (C=O) groups excluding carboxylic acids is 1. The van der Waals surface area contributed by atoms with Crippen LogP contribution in [0.1, 0.15) is 48.3 Å². The first kappa shape index (κ1) is 18.9. The van der Waals surface area contributed by atoms with E-state index in [1.165, 1.54) is 11.1 Å². The van der Waals surface area contributed by atoms with E-state index in [4.69, 9.17) is 4.74 Å². The Hall–Kier alpha value is -2.39. The Bertz CT molecular complexity index is 673. The number of hydrogen-bond acceptors (Lipinski definition) is 3. The summed E-state index contributed by atoms with van der Waals surface area (Å²) in [4.78, 5) is 14.2. The highest BCUT2D eigenvalue weighted by molar-refractivity contribution is 5.89. The Kier molecular flexibility index (Phi) is 7.42. The molecular weight excluding hydrogens is 310 g/mol. The van der Waals surface area contributed by atoms with Crippen molar-refractivity contribution in [2.45, 2.75) is 26.8 Å². The Labute approximate surface area is 150 Å². The van der Waals surface area contributed by atoms with Gasteiger partial charge in [0.05, 0.1) is 18.2 Å². The van der Waals surface area contributed by atoms with Crippen molar-refractivity contribution in [2.75, 3.05) is 19.7 Å². The van der Waals surface area contributed by atoms with Gasteiger partial charge in [-0.3, -0.25) is 4.90 Å². The zero-order valence-corrected chi connectivity index (χ0v) is 15.3. The fraction of sp³-hybridized carbons (Fsp3) is 0.318. The Morgan fingerprint density at radius 3 is 2.20 bits per heavy atom. The van der Waals surface area contributed by atoms with Gasteiger partial charge in [0.15, 0.2) is 0 Å². The maximum Gasteiger partial charge on any atom is 0.338 e. The highest BCUT2D eigenvalue weighted by Gasteiger charge is 2.16. The second-order valence-electron chi connectivity index (χ2n) is 5.78. The van der Waals surface area contributed by atoms with Crippen LogP contribution in [-0.4, -0.2) is 30.6 Å². The van der Waals surface area contributed by atoms with Crippen molar-refractivity contribution in [1.82, 2.24) is 4.90 Å². The van der Waals surface area contributed by atoms with Crippen molar-refractivity contribution in [3.8, 4) is 0 Å². The monoisotopic (exact) mass is 337 g/mol. The van der Waals surface area contributed by atoms with Gasteiger partial charge in [-0.25, -0.2) is 4.79 Å². The van der Waals surface area contributed by atoms with E-state index in [0.717, 1.165) is 13.1 Å². The molecule has 0 saturated carbocycles. The topological polar surface area (TPSA) is 29.5 Å². The highest BCUT2D eigenvalue weighted by atomic mass is 16.5. The fourth-order valence-electron chi connectivity index (χ4n) is 2.86. The molecule has 2 aromatic rings. The van der Waals surface area contributed by atoms with Gasteiger partial charge in [-0.2, -0.15) is 0 Å². The molecule has 2 rings (SSSR count). The van der Waals surface area contributed by atoms with E-state index in [1.807, 2.05) is 49.4 Å². The Balaban J connectivity index is 2.26. The summed E-state index contributed by atoms with van der Waals surface area (Å²) in [7, 11) is 0. The molecule has 0 heterocycles. The van der Waals surface area contributed by atoms with Gasteiger partial charge in [-0.05, 0) is 43.3 Å². The molecule has 0 saturated heterocycles. The summed E-state index contributed by atoms with van der Waals surface area (Å²) in [5, 5.41) is 0. The number of benzene rings is 2. The van der Waals surface area contributed by atoms with Crippen molar-refractivity contribution in [1.29, 1.82) is 0 Å². The lowest BCUT2D eigenvalue weighted by Gasteiger charge is -2.27. The number of ether oxygens (including phenoxy) is 1. The predicted molar refractivity (Wildman–Crippen MR) is 104 cm³/mol. The van der Waals surface area contributed by atoms with Crippen LogP contribution >= 0.6 is 0 Å². The molecule has 0 aliphatic rings. The van der Waals surface area contributed by atoms with Crippen LogP contribution in [0, 0.1) is 0 Å². The minimum Gasteiger partial charge on any atom is -0.462 e. The van der Waals surface area contributed by atoms with Crippen LogP contribution in [0.3, 0.4) is 0 Å². The number of carbonyl (C=O) groups is 1. The van der Waals surface area contributed by atoms with Crippen LogP contribution in [0.2, 0.25) is 0 Å². The smallest absolute Gasteiger partial charge is 0.338 e. The lowest BCUT2D eigenvalue weighted by Crippen LogP contribution is -2.27. The minimum atomic E-state index is -0.270. The Morgan fingerprint density at radius 1 is 1.00 bits per heavy atom. The Morgan fingerprint density at radius 2 is 1.64 bits per heavy atom. The van der Waals surface area contributed by atoms with E-state index < -0.39 is 0 Å². The van der Waals surface area contributed by atoms with Crippen molar-refractivity contribution in [2.24, 2.45) is 0 Å². The first-order chi connectivity index (χ1) is 12.2. The molecule has 25 heavy (non-hydrogen) atoms. The molecule has 2 aromatic carbocycles. The van der Waals surface area contributed by atoms with Crippen molar-refractivity contribution in [3.05, 3.63) is 77.4 Å². The molecule has 0 aromatic heterocycles. The zero-order chi connectivity index (χ0) is 18.1. The van der Waals surface area contributed by atoms with Crippen LogP contribution in [0.4, 0.5) is 0 Å². The summed E-state index contributed by atoms with van der Waals surface area (Å²) in [6.45, 7) is 8.46. The van der Waals surface area contributed by atoms with Gasteiger partial charge >= 0.3 is 5.97 Å². The summed E-state index contributed by atoms with van der Waals surface area (Å²) >= 11 is 0. The summed E-state index contributed by atoms with van der Waals surface area (Å²) in [5.74, 6) is -0.270. The van der Waals surface area contributed by atoms with Crippen LogP contribution in [0.15, 0.2) is 60.7 Å². The molecule has 0 bridgehead atoms. The lowest BCUT2D eigenvalue weighted by atomic mass is 10.0. The largest absolute Gasteiger partial charge is 0.462 e. The van der Waals surface area contributed by atoms with Crippen molar-refractivity contribution in [3.63, 3.8) is 0 Å². The maximum absolute atomic E-state index is 11.8. The average Bonchev–Trinajstić information content (AvgIpc) is 2.66. The summed E-state index contributed by atoms with van der Waals surface area (Å²) < 4.78 is 5.06. The molecule has 132 valence electrons. The van der Waals surface area contributed by atoms with Gasteiger partial charge in [0.1, 0.15) is 0 Å². The van der Waals surface area contributed by atoms with E-state index in [9.17, 15) is 4.79 Å². The van der Waals surface area contributed by atoms with Gasteiger partial charge in [-0.15, -0.1) is 0 Å². The van der Waals surface area contributed by atoms with E-state index in [-0.39, 0.29) is 12.0 Å². The first-order valence-electron chi connectivity index (χ1n) is 8.93. The maximum atomic E-state index is 11.8. The molecule has 3 heteroatoms. The third kappa shape index (κ3) is 5.30. The predicted octanol–water partition coefficient (Wildman–Crippen LogP) is 4.96. The van der Waals surface area contributed by atoms with Gasteiger partial charge in [0.2, 0.25) is 0 Å². The molecule has 1 atom stereocenters. The second-order valence-corrected chi connectivity index (χ2v) is 5.78. The molecular formula is C22H27NO2. The summed E-state index contributed by atoms with van der Waals surface area (Å²) in [6, 6.07) is 18.2. The summed E-state index contributed by atoms with van der Waals surface area (Å²) in [6.07, 6.45) is 4.38. The quantitative estimate of drug-likeness (QED) is 0.638. The zero-order valence-electron chi connectivity index (χ0n) is 15.3. The van der Waals surface area contributed by atoms with Gasteiger partial charge < -0.3 is 4.74 Å². The summed E-state index contributed by atoms with van der Waals surface area (Å²) in [5.41, 5.74) is 2.95. The minimum absolute atomic E-state index is 0.173. The van der Waals surface area contributed by atoms with Gasteiger partial charge in [-0.1, -0.05) is 68.5 Å². The van der Waals surface area contributed by atoms with Crippen LogP contribution < -0.4 is 0 Å². The SMILES string of the molecule is CCOC(=O)c1ccc(C(/C=C/c2ccccc2)N(CC)CC)cc1. The molecule has 0 N–H and O–H groups in total. The number of rotatable bonds is 8. The number of likely N-dealkylation sites (N-methyl/N-ethyl adjacent to an activating group) is 1. The average molecular weight is 337 g/mol.